The molecule has 0 heterocycles. The Morgan fingerprint density at radius 1 is 1.30 bits per heavy atom. The van der Waals surface area contributed by atoms with Gasteiger partial charge < -0.3 is 5.11 Å². The van der Waals surface area contributed by atoms with Crippen molar-refractivity contribution in [1.29, 1.82) is 0 Å². The summed E-state index contributed by atoms with van der Waals surface area (Å²) in [6, 6.07) is 3.21. The summed E-state index contributed by atoms with van der Waals surface area (Å²) < 4.78 is 14.6. The standard InChI is InChI=1S/C16H19FO3/c1-16(2,15(19)20)9-10-7-8-11-12(14(10)17)5-3-4-6-13(11)18/h7-8H,3-6,9H2,1-2H3,(H,19,20). The normalized spacial score (nSPS) is 15.7. The van der Waals surface area contributed by atoms with E-state index in [-0.39, 0.29) is 12.2 Å². The van der Waals surface area contributed by atoms with Crippen LogP contribution < -0.4 is 0 Å². The van der Waals surface area contributed by atoms with Crippen LogP contribution in [0, 0.1) is 11.2 Å². The minimum absolute atomic E-state index is 0.0135. The SMILES string of the molecule is CC(C)(Cc1ccc2c(c1F)CCCCC2=O)C(=O)O. The molecule has 0 saturated heterocycles. The molecule has 0 radical (unpaired) electrons. The number of halogens is 1. The average molecular weight is 278 g/mol. The largest absolute Gasteiger partial charge is 0.481 e. The van der Waals surface area contributed by atoms with Crippen molar-refractivity contribution in [3.05, 3.63) is 34.6 Å². The van der Waals surface area contributed by atoms with Crippen molar-refractivity contribution in [3.8, 4) is 0 Å². The zero-order chi connectivity index (χ0) is 14.9. The van der Waals surface area contributed by atoms with Gasteiger partial charge in [0.15, 0.2) is 5.78 Å². The lowest BCUT2D eigenvalue weighted by Crippen LogP contribution is -2.27. The summed E-state index contributed by atoms with van der Waals surface area (Å²) >= 11 is 0. The fourth-order valence-corrected chi connectivity index (χ4v) is 2.59. The summed E-state index contributed by atoms with van der Waals surface area (Å²) in [7, 11) is 0. The highest BCUT2D eigenvalue weighted by Crippen LogP contribution is 2.29. The van der Waals surface area contributed by atoms with Gasteiger partial charge in [-0.15, -0.1) is 0 Å². The van der Waals surface area contributed by atoms with Gasteiger partial charge in [-0.2, -0.15) is 0 Å². The minimum atomic E-state index is -1.02. The molecule has 0 unspecified atom stereocenters. The zero-order valence-corrected chi connectivity index (χ0v) is 11.8. The fourth-order valence-electron chi connectivity index (χ4n) is 2.59. The highest BCUT2D eigenvalue weighted by atomic mass is 19.1. The molecular formula is C16H19FO3. The number of ketones is 1. The first-order chi connectivity index (χ1) is 9.33. The second-order valence-corrected chi connectivity index (χ2v) is 6.06. The molecular weight excluding hydrogens is 259 g/mol. The number of benzene rings is 1. The van der Waals surface area contributed by atoms with E-state index >= 15 is 0 Å². The molecule has 20 heavy (non-hydrogen) atoms. The van der Waals surface area contributed by atoms with Crippen LogP contribution in [0.2, 0.25) is 0 Å². The Kier molecular flexibility index (Phi) is 3.93. The zero-order valence-electron chi connectivity index (χ0n) is 11.8. The van der Waals surface area contributed by atoms with Gasteiger partial charge >= 0.3 is 5.97 Å². The molecule has 0 bridgehead atoms. The van der Waals surface area contributed by atoms with Crippen LogP contribution in [0.1, 0.15) is 54.6 Å². The van der Waals surface area contributed by atoms with Crippen LogP contribution >= 0.6 is 0 Å². The molecule has 0 aromatic heterocycles. The molecule has 1 aliphatic carbocycles. The van der Waals surface area contributed by atoms with Gasteiger partial charge in [-0.05, 0) is 50.7 Å². The Hall–Kier alpha value is -1.71. The van der Waals surface area contributed by atoms with Crippen molar-refractivity contribution >= 4 is 11.8 Å². The molecule has 1 N–H and O–H groups in total. The Bertz CT molecular complexity index is 561. The van der Waals surface area contributed by atoms with E-state index in [9.17, 15) is 14.0 Å². The van der Waals surface area contributed by atoms with Crippen molar-refractivity contribution in [1.82, 2.24) is 0 Å². The first-order valence-corrected chi connectivity index (χ1v) is 6.90. The molecule has 0 amide bonds. The molecule has 1 aliphatic rings. The lowest BCUT2D eigenvalue weighted by Gasteiger charge is -2.20. The molecule has 0 fully saturated rings. The van der Waals surface area contributed by atoms with E-state index in [4.69, 9.17) is 5.11 Å². The fraction of sp³-hybridized carbons (Fsp3) is 0.500. The number of hydrogen-bond acceptors (Lipinski definition) is 2. The van der Waals surface area contributed by atoms with Crippen LogP contribution in [0.3, 0.4) is 0 Å². The monoisotopic (exact) mass is 278 g/mol. The van der Waals surface area contributed by atoms with Crippen LogP contribution in [0.15, 0.2) is 12.1 Å². The predicted octanol–water partition coefficient (Wildman–Crippen LogP) is 3.39. The summed E-state index contributed by atoms with van der Waals surface area (Å²) in [5, 5.41) is 9.14. The van der Waals surface area contributed by atoms with Crippen LogP contribution in [0.5, 0.6) is 0 Å². The third kappa shape index (κ3) is 2.74. The third-order valence-corrected chi connectivity index (χ3v) is 3.92. The van der Waals surface area contributed by atoms with E-state index in [0.717, 1.165) is 12.8 Å². The van der Waals surface area contributed by atoms with Gasteiger partial charge in [0.2, 0.25) is 0 Å². The molecule has 0 aliphatic heterocycles. The quantitative estimate of drug-likeness (QED) is 0.862. The number of carboxylic acid groups (broad SMARTS) is 1. The van der Waals surface area contributed by atoms with E-state index in [0.29, 0.717) is 29.5 Å². The second kappa shape index (κ2) is 5.35. The maximum atomic E-state index is 14.6. The minimum Gasteiger partial charge on any atom is -0.481 e. The van der Waals surface area contributed by atoms with E-state index in [2.05, 4.69) is 0 Å². The van der Waals surface area contributed by atoms with Crippen LogP contribution in [0.4, 0.5) is 4.39 Å². The van der Waals surface area contributed by atoms with Crippen LogP contribution in [-0.2, 0) is 17.6 Å². The molecule has 3 nitrogen and oxygen atoms in total. The summed E-state index contributed by atoms with van der Waals surface area (Å²) in [5.41, 5.74) is 0.290. The number of carboxylic acids is 1. The summed E-state index contributed by atoms with van der Waals surface area (Å²) in [5.74, 6) is -1.37. The maximum absolute atomic E-state index is 14.6. The number of hydrogen-bond donors (Lipinski definition) is 1. The van der Waals surface area contributed by atoms with Crippen molar-refractivity contribution in [2.45, 2.75) is 46.0 Å². The van der Waals surface area contributed by atoms with Crippen molar-refractivity contribution in [2.24, 2.45) is 5.41 Å². The van der Waals surface area contributed by atoms with E-state index in [1.54, 1.807) is 26.0 Å². The topological polar surface area (TPSA) is 54.4 Å². The van der Waals surface area contributed by atoms with Gasteiger partial charge in [-0.25, -0.2) is 4.39 Å². The number of rotatable bonds is 3. The molecule has 0 saturated carbocycles. The Morgan fingerprint density at radius 3 is 2.60 bits per heavy atom. The molecule has 1 aromatic carbocycles. The lowest BCUT2D eigenvalue weighted by molar-refractivity contribution is -0.146. The lowest BCUT2D eigenvalue weighted by atomic mass is 9.84. The van der Waals surface area contributed by atoms with Gasteiger partial charge in [-0.3, -0.25) is 9.59 Å². The number of aliphatic carboxylic acids is 1. The third-order valence-electron chi connectivity index (χ3n) is 3.92. The Morgan fingerprint density at radius 2 is 1.95 bits per heavy atom. The molecule has 108 valence electrons. The Labute approximate surface area is 117 Å². The van der Waals surface area contributed by atoms with Crippen LogP contribution in [0.25, 0.3) is 0 Å². The van der Waals surface area contributed by atoms with E-state index in [1.165, 1.54) is 0 Å². The van der Waals surface area contributed by atoms with Gasteiger partial charge in [0.05, 0.1) is 5.41 Å². The van der Waals surface area contributed by atoms with Gasteiger partial charge in [-0.1, -0.05) is 12.1 Å². The molecule has 2 rings (SSSR count). The Balaban J connectivity index is 2.41. The number of fused-ring (bicyclic) bond motifs is 1. The molecule has 0 spiro atoms. The molecule has 1 aromatic rings. The van der Waals surface area contributed by atoms with E-state index in [1.807, 2.05) is 0 Å². The molecule has 0 atom stereocenters. The first kappa shape index (κ1) is 14.7. The predicted molar refractivity (Wildman–Crippen MR) is 73.4 cm³/mol. The summed E-state index contributed by atoms with van der Waals surface area (Å²) in [4.78, 5) is 23.1. The smallest absolute Gasteiger partial charge is 0.309 e. The first-order valence-electron chi connectivity index (χ1n) is 6.90. The highest BCUT2D eigenvalue weighted by molar-refractivity contribution is 5.98. The second-order valence-electron chi connectivity index (χ2n) is 6.06. The van der Waals surface area contributed by atoms with E-state index < -0.39 is 17.2 Å². The van der Waals surface area contributed by atoms with Crippen molar-refractivity contribution < 1.29 is 19.1 Å². The summed E-state index contributed by atoms with van der Waals surface area (Å²) in [6.07, 6.45) is 2.71. The van der Waals surface area contributed by atoms with Crippen molar-refractivity contribution in [3.63, 3.8) is 0 Å². The number of carbonyl (C=O) groups is 2. The summed E-state index contributed by atoms with van der Waals surface area (Å²) in [6.45, 7) is 3.15. The van der Waals surface area contributed by atoms with Gasteiger partial charge in [0.25, 0.3) is 0 Å². The average Bonchev–Trinajstić information content (AvgIpc) is 2.55. The number of carbonyl (C=O) groups excluding carboxylic acids is 1. The molecule has 4 heteroatoms. The maximum Gasteiger partial charge on any atom is 0.309 e. The van der Waals surface area contributed by atoms with Crippen molar-refractivity contribution in [2.75, 3.05) is 0 Å². The van der Waals surface area contributed by atoms with Gasteiger partial charge in [0.1, 0.15) is 5.82 Å². The highest BCUT2D eigenvalue weighted by Gasteiger charge is 2.30. The number of Topliss-reactive ketones (excluding diaryl/α,β-unsaturated/α-hetero) is 1. The van der Waals surface area contributed by atoms with Gasteiger partial charge in [0, 0.05) is 12.0 Å². The van der Waals surface area contributed by atoms with Crippen LogP contribution in [-0.4, -0.2) is 16.9 Å².